The Hall–Kier alpha value is -0.0800. The maximum atomic E-state index is 6.45. The van der Waals surface area contributed by atoms with E-state index in [9.17, 15) is 0 Å². The topological polar surface area (TPSA) is 35.2 Å². The molecule has 0 amide bonds. The number of rotatable bonds is 6. The molecule has 0 radical (unpaired) electrons. The molecule has 2 nitrogen and oxygen atoms in total. The average Bonchev–Trinajstić information content (AvgIpc) is 2.31. The number of hydrogen-bond donors (Lipinski definition) is 1. The standard InChI is InChI=1S/C15H31NO/c1-5-7-14(17-6-2)15(16)13-9-8-11(3)12(4)10-13/h11-15H,5-10,16H2,1-4H3. The minimum Gasteiger partial charge on any atom is -0.377 e. The molecule has 17 heavy (non-hydrogen) atoms. The van der Waals surface area contributed by atoms with E-state index in [4.69, 9.17) is 10.5 Å². The van der Waals surface area contributed by atoms with E-state index in [1.807, 2.05) is 0 Å². The van der Waals surface area contributed by atoms with Gasteiger partial charge in [-0.05, 0) is 43.9 Å². The third-order valence-corrected chi connectivity index (χ3v) is 4.57. The molecule has 2 heteroatoms. The summed E-state index contributed by atoms with van der Waals surface area (Å²) in [5.74, 6) is 2.36. The van der Waals surface area contributed by atoms with Crippen LogP contribution >= 0.6 is 0 Å². The largest absolute Gasteiger partial charge is 0.377 e. The number of ether oxygens (including phenoxy) is 1. The molecule has 5 atom stereocenters. The first-order valence-corrected chi connectivity index (χ1v) is 7.47. The summed E-state index contributed by atoms with van der Waals surface area (Å²) < 4.78 is 5.83. The summed E-state index contributed by atoms with van der Waals surface area (Å²) in [6, 6.07) is 0.241. The lowest BCUT2D eigenvalue weighted by Crippen LogP contribution is -2.45. The van der Waals surface area contributed by atoms with Gasteiger partial charge in [-0.2, -0.15) is 0 Å². The Morgan fingerprint density at radius 3 is 2.41 bits per heavy atom. The molecule has 0 heterocycles. The Morgan fingerprint density at radius 2 is 1.88 bits per heavy atom. The minimum atomic E-state index is 0.241. The molecule has 2 N–H and O–H groups in total. The van der Waals surface area contributed by atoms with Crippen LogP contribution in [0.2, 0.25) is 0 Å². The summed E-state index contributed by atoms with van der Waals surface area (Å²) in [6.45, 7) is 9.82. The lowest BCUT2D eigenvalue weighted by Gasteiger charge is -2.38. The van der Waals surface area contributed by atoms with E-state index in [0.717, 1.165) is 31.3 Å². The lowest BCUT2D eigenvalue weighted by atomic mass is 9.72. The predicted octanol–water partition coefficient (Wildman–Crippen LogP) is 3.59. The van der Waals surface area contributed by atoms with Gasteiger partial charge in [0.25, 0.3) is 0 Å². The third-order valence-electron chi connectivity index (χ3n) is 4.57. The van der Waals surface area contributed by atoms with Gasteiger partial charge in [0, 0.05) is 12.6 Å². The van der Waals surface area contributed by atoms with Crippen molar-refractivity contribution in [3.63, 3.8) is 0 Å². The highest BCUT2D eigenvalue weighted by Crippen LogP contribution is 2.35. The van der Waals surface area contributed by atoms with Crippen LogP contribution in [0.3, 0.4) is 0 Å². The van der Waals surface area contributed by atoms with Gasteiger partial charge in [-0.1, -0.05) is 33.6 Å². The molecule has 0 aromatic carbocycles. The fourth-order valence-corrected chi connectivity index (χ4v) is 3.13. The normalized spacial score (nSPS) is 33.4. The van der Waals surface area contributed by atoms with Crippen molar-refractivity contribution in [2.45, 2.75) is 71.9 Å². The van der Waals surface area contributed by atoms with Crippen LogP contribution in [-0.2, 0) is 4.74 Å². The zero-order valence-corrected chi connectivity index (χ0v) is 12.1. The number of nitrogens with two attached hydrogens (primary N) is 1. The molecule has 102 valence electrons. The van der Waals surface area contributed by atoms with E-state index in [1.165, 1.54) is 19.3 Å². The van der Waals surface area contributed by atoms with Crippen LogP contribution in [0.15, 0.2) is 0 Å². The maximum absolute atomic E-state index is 6.45. The van der Waals surface area contributed by atoms with Crippen molar-refractivity contribution in [3.05, 3.63) is 0 Å². The summed E-state index contributed by atoms with van der Waals surface area (Å²) in [6.07, 6.45) is 6.46. The maximum Gasteiger partial charge on any atom is 0.0728 e. The SMILES string of the molecule is CCCC(OCC)C(N)C1CCC(C)C(C)C1. The van der Waals surface area contributed by atoms with Crippen molar-refractivity contribution in [2.24, 2.45) is 23.5 Å². The quantitative estimate of drug-likeness (QED) is 0.771. The van der Waals surface area contributed by atoms with Crippen molar-refractivity contribution in [3.8, 4) is 0 Å². The van der Waals surface area contributed by atoms with E-state index in [0.29, 0.717) is 5.92 Å². The van der Waals surface area contributed by atoms with Gasteiger partial charge in [0.2, 0.25) is 0 Å². The summed E-state index contributed by atoms with van der Waals surface area (Å²) in [4.78, 5) is 0. The Bertz CT molecular complexity index is 201. The predicted molar refractivity (Wildman–Crippen MR) is 74.0 cm³/mol. The molecule has 1 saturated carbocycles. The van der Waals surface area contributed by atoms with Crippen LogP contribution in [0.25, 0.3) is 0 Å². The molecule has 1 fully saturated rings. The first-order valence-electron chi connectivity index (χ1n) is 7.47. The van der Waals surface area contributed by atoms with E-state index in [-0.39, 0.29) is 12.1 Å². The fraction of sp³-hybridized carbons (Fsp3) is 1.00. The van der Waals surface area contributed by atoms with Crippen molar-refractivity contribution < 1.29 is 4.74 Å². The molecule has 0 bridgehead atoms. The van der Waals surface area contributed by atoms with Gasteiger partial charge in [0.15, 0.2) is 0 Å². The first-order chi connectivity index (χ1) is 8.10. The Kier molecular flexibility index (Phi) is 6.50. The van der Waals surface area contributed by atoms with Gasteiger partial charge in [-0.25, -0.2) is 0 Å². The van der Waals surface area contributed by atoms with Crippen molar-refractivity contribution in [1.82, 2.24) is 0 Å². The molecule has 5 unspecified atom stereocenters. The van der Waals surface area contributed by atoms with Crippen LogP contribution < -0.4 is 5.73 Å². The first kappa shape index (κ1) is 15.0. The molecule has 0 aliphatic heterocycles. The molecule has 1 rings (SSSR count). The zero-order chi connectivity index (χ0) is 12.8. The van der Waals surface area contributed by atoms with Crippen LogP contribution in [0, 0.1) is 17.8 Å². The van der Waals surface area contributed by atoms with Crippen LogP contribution in [0.4, 0.5) is 0 Å². The molecular formula is C15H31NO. The van der Waals surface area contributed by atoms with E-state index in [2.05, 4.69) is 27.7 Å². The molecular weight excluding hydrogens is 210 g/mol. The van der Waals surface area contributed by atoms with Gasteiger partial charge >= 0.3 is 0 Å². The summed E-state index contributed by atoms with van der Waals surface area (Å²) in [5, 5.41) is 0. The lowest BCUT2D eigenvalue weighted by molar-refractivity contribution is 0.0111. The Morgan fingerprint density at radius 1 is 1.18 bits per heavy atom. The molecule has 0 spiro atoms. The molecule has 0 aromatic rings. The van der Waals surface area contributed by atoms with Crippen LogP contribution in [0.1, 0.15) is 59.8 Å². The van der Waals surface area contributed by atoms with Crippen LogP contribution in [-0.4, -0.2) is 18.8 Å². The third kappa shape index (κ3) is 4.26. The van der Waals surface area contributed by atoms with E-state index < -0.39 is 0 Å². The van der Waals surface area contributed by atoms with Gasteiger partial charge in [-0.15, -0.1) is 0 Å². The van der Waals surface area contributed by atoms with E-state index >= 15 is 0 Å². The van der Waals surface area contributed by atoms with Gasteiger partial charge < -0.3 is 10.5 Å². The van der Waals surface area contributed by atoms with E-state index in [1.54, 1.807) is 0 Å². The van der Waals surface area contributed by atoms with Gasteiger partial charge in [0.1, 0.15) is 0 Å². The Balaban J connectivity index is 2.51. The molecule has 0 saturated heterocycles. The number of hydrogen-bond acceptors (Lipinski definition) is 2. The van der Waals surface area contributed by atoms with Crippen molar-refractivity contribution in [2.75, 3.05) is 6.61 Å². The highest BCUT2D eigenvalue weighted by molar-refractivity contribution is 4.86. The van der Waals surface area contributed by atoms with Gasteiger partial charge in [-0.3, -0.25) is 0 Å². The Labute approximate surface area is 107 Å². The van der Waals surface area contributed by atoms with Gasteiger partial charge in [0.05, 0.1) is 6.10 Å². The summed E-state index contributed by atoms with van der Waals surface area (Å²) in [5.41, 5.74) is 6.45. The molecule has 1 aliphatic carbocycles. The highest BCUT2D eigenvalue weighted by Gasteiger charge is 2.32. The molecule has 0 aromatic heterocycles. The summed E-state index contributed by atoms with van der Waals surface area (Å²) >= 11 is 0. The van der Waals surface area contributed by atoms with Crippen molar-refractivity contribution in [1.29, 1.82) is 0 Å². The smallest absolute Gasteiger partial charge is 0.0728 e. The minimum absolute atomic E-state index is 0.241. The fourth-order valence-electron chi connectivity index (χ4n) is 3.13. The van der Waals surface area contributed by atoms with Crippen molar-refractivity contribution >= 4 is 0 Å². The average molecular weight is 241 g/mol. The summed E-state index contributed by atoms with van der Waals surface area (Å²) in [7, 11) is 0. The van der Waals surface area contributed by atoms with Crippen LogP contribution in [0.5, 0.6) is 0 Å². The second-order valence-electron chi connectivity index (χ2n) is 5.89. The second kappa shape index (κ2) is 7.38. The second-order valence-corrected chi connectivity index (χ2v) is 5.89. The zero-order valence-electron chi connectivity index (χ0n) is 12.1. The molecule has 1 aliphatic rings. The highest BCUT2D eigenvalue weighted by atomic mass is 16.5. The monoisotopic (exact) mass is 241 g/mol.